The number of thioether (sulfide) groups is 1. The summed E-state index contributed by atoms with van der Waals surface area (Å²) in [4.78, 5) is 22.0. The third-order valence-corrected chi connectivity index (χ3v) is 3.29. The second kappa shape index (κ2) is 10.2. The lowest BCUT2D eigenvalue weighted by Gasteiger charge is -2.08. The van der Waals surface area contributed by atoms with Gasteiger partial charge in [0, 0.05) is 12.8 Å². The van der Waals surface area contributed by atoms with Crippen LogP contribution in [0.15, 0.2) is 24.3 Å². The van der Waals surface area contributed by atoms with Gasteiger partial charge in [-0.2, -0.15) is 0 Å². The molecule has 0 aromatic heterocycles. The molecule has 0 unspecified atom stereocenters. The van der Waals surface area contributed by atoms with Crippen LogP contribution in [0.1, 0.15) is 5.56 Å². The van der Waals surface area contributed by atoms with Crippen molar-refractivity contribution < 1.29 is 24.2 Å². The number of carboxylic acids is 1. The molecule has 0 spiro atoms. The Hall–Kier alpha value is -1.57. The lowest BCUT2D eigenvalue weighted by molar-refractivity contribution is -0.133. The Kier molecular flexibility index (Phi) is 8.49. The summed E-state index contributed by atoms with van der Waals surface area (Å²) in [5, 5.41) is 11.2. The predicted molar refractivity (Wildman–Crippen MR) is 81.6 cm³/mol. The maximum absolute atomic E-state index is 11.6. The van der Waals surface area contributed by atoms with E-state index in [4.69, 9.17) is 14.6 Å². The van der Waals surface area contributed by atoms with Crippen molar-refractivity contribution in [3.8, 4) is 0 Å². The highest BCUT2D eigenvalue weighted by atomic mass is 32.2. The lowest BCUT2D eigenvalue weighted by atomic mass is 10.2. The Morgan fingerprint density at radius 2 is 2.10 bits per heavy atom. The first kappa shape index (κ1) is 17.5. The summed E-state index contributed by atoms with van der Waals surface area (Å²) in [6.07, 6.45) is 0. The molecular formula is C14H19NO5S. The lowest BCUT2D eigenvalue weighted by Crippen LogP contribution is -2.15. The van der Waals surface area contributed by atoms with Gasteiger partial charge in [-0.3, -0.25) is 9.59 Å². The third kappa shape index (κ3) is 8.34. The van der Waals surface area contributed by atoms with Crippen molar-refractivity contribution in [2.45, 2.75) is 6.61 Å². The number of ether oxygens (including phenoxy) is 2. The predicted octanol–water partition coefficient (Wildman–Crippen LogP) is 1.61. The van der Waals surface area contributed by atoms with Crippen molar-refractivity contribution in [3.63, 3.8) is 0 Å². The quantitative estimate of drug-likeness (QED) is 0.638. The number of amides is 1. The molecule has 116 valence electrons. The van der Waals surface area contributed by atoms with Crippen LogP contribution in [-0.4, -0.2) is 48.8 Å². The molecule has 6 nitrogen and oxygen atoms in total. The fraction of sp³-hybridized carbons (Fsp3) is 0.429. The maximum Gasteiger partial charge on any atom is 0.313 e. The van der Waals surface area contributed by atoms with Crippen LogP contribution in [0, 0.1) is 0 Å². The first-order valence-electron chi connectivity index (χ1n) is 6.37. The Morgan fingerprint density at radius 1 is 1.29 bits per heavy atom. The van der Waals surface area contributed by atoms with Crippen molar-refractivity contribution in [1.29, 1.82) is 0 Å². The van der Waals surface area contributed by atoms with E-state index in [-0.39, 0.29) is 17.4 Å². The smallest absolute Gasteiger partial charge is 0.313 e. The molecular weight excluding hydrogens is 294 g/mol. The highest BCUT2D eigenvalue weighted by molar-refractivity contribution is 8.00. The van der Waals surface area contributed by atoms with Gasteiger partial charge in [0.05, 0.1) is 31.3 Å². The van der Waals surface area contributed by atoms with Crippen molar-refractivity contribution in [2.24, 2.45) is 0 Å². The molecule has 0 aliphatic carbocycles. The van der Waals surface area contributed by atoms with Gasteiger partial charge in [0.2, 0.25) is 5.91 Å². The van der Waals surface area contributed by atoms with E-state index >= 15 is 0 Å². The summed E-state index contributed by atoms with van der Waals surface area (Å²) in [6.45, 7) is 1.50. The van der Waals surface area contributed by atoms with E-state index in [0.717, 1.165) is 17.3 Å². The molecule has 0 atom stereocenters. The summed E-state index contributed by atoms with van der Waals surface area (Å²) >= 11 is 1.06. The van der Waals surface area contributed by atoms with Gasteiger partial charge in [0.1, 0.15) is 0 Å². The normalized spacial score (nSPS) is 10.3. The molecule has 0 fully saturated rings. The van der Waals surface area contributed by atoms with Crippen LogP contribution in [0.4, 0.5) is 5.69 Å². The van der Waals surface area contributed by atoms with Gasteiger partial charge in [-0.15, -0.1) is 11.8 Å². The van der Waals surface area contributed by atoms with E-state index in [1.807, 2.05) is 18.2 Å². The van der Waals surface area contributed by atoms with Crippen LogP contribution >= 0.6 is 11.8 Å². The summed E-state index contributed by atoms with van der Waals surface area (Å²) in [5.41, 5.74) is 1.62. The molecule has 1 aromatic carbocycles. The van der Waals surface area contributed by atoms with Crippen LogP contribution < -0.4 is 5.32 Å². The minimum Gasteiger partial charge on any atom is -0.481 e. The van der Waals surface area contributed by atoms with Crippen LogP contribution in [-0.2, 0) is 25.7 Å². The Bertz CT molecular complexity index is 466. The van der Waals surface area contributed by atoms with Crippen molar-refractivity contribution in [1.82, 2.24) is 0 Å². The number of carbonyl (C=O) groups is 2. The first-order valence-corrected chi connectivity index (χ1v) is 7.52. The number of nitrogens with one attached hydrogen (secondary N) is 1. The largest absolute Gasteiger partial charge is 0.481 e. The van der Waals surface area contributed by atoms with Gasteiger partial charge in [0.15, 0.2) is 0 Å². The third-order valence-electron chi connectivity index (χ3n) is 2.37. The monoisotopic (exact) mass is 313 g/mol. The Morgan fingerprint density at radius 3 is 2.81 bits per heavy atom. The zero-order chi connectivity index (χ0) is 15.5. The van der Waals surface area contributed by atoms with E-state index in [1.165, 1.54) is 0 Å². The molecule has 0 radical (unpaired) electrons. The molecule has 0 saturated carbocycles. The average molecular weight is 313 g/mol. The molecule has 2 N–H and O–H groups in total. The van der Waals surface area contributed by atoms with E-state index in [9.17, 15) is 9.59 Å². The average Bonchev–Trinajstić information content (AvgIpc) is 2.43. The Labute approximate surface area is 127 Å². The minimum absolute atomic E-state index is 0.0825. The van der Waals surface area contributed by atoms with E-state index in [2.05, 4.69) is 5.32 Å². The fourth-order valence-electron chi connectivity index (χ4n) is 1.50. The molecule has 0 aliphatic rings. The molecule has 0 aliphatic heterocycles. The van der Waals surface area contributed by atoms with Crippen molar-refractivity contribution in [3.05, 3.63) is 29.8 Å². The highest BCUT2D eigenvalue weighted by Crippen LogP contribution is 2.12. The molecule has 1 aromatic rings. The van der Waals surface area contributed by atoms with E-state index in [0.29, 0.717) is 25.5 Å². The number of anilines is 1. The van der Waals surface area contributed by atoms with Gasteiger partial charge < -0.3 is 19.9 Å². The SMILES string of the molecule is COCCOCc1cccc(NC(=O)CSCC(=O)O)c1. The number of carbonyl (C=O) groups excluding carboxylic acids is 1. The van der Waals surface area contributed by atoms with Gasteiger partial charge >= 0.3 is 5.97 Å². The van der Waals surface area contributed by atoms with Crippen LogP contribution in [0.3, 0.4) is 0 Å². The second-order valence-electron chi connectivity index (χ2n) is 4.18. The van der Waals surface area contributed by atoms with Crippen LogP contribution in [0.2, 0.25) is 0 Å². The first-order chi connectivity index (χ1) is 10.1. The topological polar surface area (TPSA) is 84.9 Å². The summed E-state index contributed by atoms with van der Waals surface area (Å²) < 4.78 is 10.3. The summed E-state index contributed by atoms with van der Waals surface area (Å²) in [5.74, 6) is -1.12. The molecule has 0 bridgehead atoms. The molecule has 1 rings (SSSR count). The fourth-order valence-corrected chi connectivity index (χ4v) is 2.03. The zero-order valence-corrected chi connectivity index (χ0v) is 12.6. The molecule has 21 heavy (non-hydrogen) atoms. The second-order valence-corrected chi connectivity index (χ2v) is 5.17. The minimum atomic E-state index is -0.928. The van der Waals surface area contributed by atoms with Crippen molar-refractivity contribution in [2.75, 3.05) is 37.1 Å². The van der Waals surface area contributed by atoms with E-state index in [1.54, 1.807) is 13.2 Å². The van der Waals surface area contributed by atoms with Crippen molar-refractivity contribution >= 4 is 29.3 Å². The molecule has 1 amide bonds. The zero-order valence-electron chi connectivity index (χ0n) is 11.8. The number of carboxylic acid groups (broad SMARTS) is 1. The van der Waals surface area contributed by atoms with Gasteiger partial charge in [-0.25, -0.2) is 0 Å². The van der Waals surface area contributed by atoms with Gasteiger partial charge in [0.25, 0.3) is 0 Å². The van der Waals surface area contributed by atoms with Crippen LogP contribution in [0.25, 0.3) is 0 Å². The number of hydrogen-bond acceptors (Lipinski definition) is 5. The standard InChI is InChI=1S/C14H19NO5S/c1-19-5-6-20-8-11-3-2-4-12(7-11)15-13(16)9-21-10-14(17)18/h2-4,7H,5-6,8-10H2,1H3,(H,15,16)(H,17,18). The number of benzene rings is 1. The number of methoxy groups -OCH3 is 1. The maximum atomic E-state index is 11.6. The summed E-state index contributed by atoms with van der Waals surface area (Å²) in [7, 11) is 1.61. The Balaban J connectivity index is 2.37. The molecule has 7 heteroatoms. The van der Waals surface area contributed by atoms with Gasteiger partial charge in [-0.05, 0) is 17.7 Å². The summed E-state index contributed by atoms with van der Waals surface area (Å²) in [6, 6.07) is 7.33. The van der Waals surface area contributed by atoms with Crippen LogP contribution in [0.5, 0.6) is 0 Å². The highest BCUT2D eigenvalue weighted by Gasteiger charge is 2.05. The number of aliphatic carboxylic acids is 1. The number of hydrogen-bond donors (Lipinski definition) is 2. The number of rotatable bonds is 10. The van der Waals surface area contributed by atoms with E-state index < -0.39 is 5.97 Å². The molecule has 0 saturated heterocycles. The molecule has 0 heterocycles. The van der Waals surface area contributed by atoms with Gasteiger partial charge in [-0.1, -0.05) is 12.1 Å².